The maximum Gasteiger partial charge on any atom is 0.118 e. The van der Waals surface area contributed by atoms with Gasteiger partial charge in [-0.15, -0.1) is 0 Å². The number of nitrogens with zero attached hydrogens (tertiary/aromatic N) is 1. The predicted octanol–water partition coefficient (Wildman–Crippen LogP) is 2.67. The Labute approximate surface area is 134 Å². The molecule has 2 aliphatic rings. The average Bonchev–Trinajstić information content (AvgIpc) is 2.80. The van der Waals surface area contributed by atoms with E-state index in [2.05, 4.69) is 39.9 Å². The van der Waals surface area contributed by atoms with Crippen LogP contribution in [-0.2, 0) is 15.1 Å². The summed E-state index contributed by atoms with van der Waals surface area (Å²) in [6.07, 6.45) is 0.463. The Bertz CT molecular complexity index is 524. The number of morpholine rings is 1. The van der Waals surface area contributed by atoms with Crippen molar-refractivity contribution in [3.8, 4) is 0 Å². The van der Waals surface area contributed by atoms with Gasteiger partial charge in [-0.1, -0.05) is 15.9 Å². The van der Waals surface area contributed by atoms with E-state index >= 15 is 0 Å². The topological polar surface area (TPSA) is 41.9 Å². The van der Waals surface area contributed by atoms with E-state index in [0.717, 1.165) is 35.5 Å². The molecule has 2 heterocycles. The molecule has 3 unspecified atom stereocenters. The van der Waals surface area contributed by atoms with Crippen LogP contribution in [0, 0.1) is 0 Å². The van der Waals surface area contributed by atoms with Crippen LogP contribution in [0.2, 0.25) is 0 Å². The van der Waals surface area contributed by atoms with Gasteiger partial charge in [-0.2, -0.15) is 0 Å². The minimum absolute atomic E-state index is 0.179. The highest BCUT2D eigenvalue weighted by molar-refractivity contribution is 9.10. The van der Waals surface area contributed by atoms with Crippen molar-refractivity contribution in [1.82, 2.24) is 0 Å². The second-order valence-corrected chi connectivity index (χ2v) is 6.92. The van der Waals surface area contributed by atoms with E-state index in [9.17, 15) is 5.11 Å². The van der Waals surface area contributed by atoms with Crippen molar-refractivity contribution in [2.45, 2.75) is 38.0 Å². The Morgan fingerprint density at radius 3 is 2.76 bits per heavy atom. The Kier molecular flexibility index (Phi) is 4.28. The summed E-state index contributed by atoms with van der Waals surface area (Å²) < 4.78 is 12.1. The number of hydrogen-bond acceptors (Lipinski definition) is 4. The lowest BCUT2D eigenvalue weighted by Crippen LogP contribution is -2.44. The third-order valence-electron chi connectivity index (χ3n) is 4.61. The van der Waals surface area contributed by atoms with Crippen molar-refractivity contribution < 1.29 is 14.6 Å². The van der Waals surface area contributed by atoms with Crippen molar-refractivity contribution in [3.05, 3.63) is 28.2 Å². The van der Waals surface area contributed by atoms with Gasteiger partial charge in [0.25, 0.3) is 0 Å². The molecule has 5 heteroatoms. The predicted molar refractivity (Wildman–Crippen MR) is 85.7 cm³/mol. The molecule has 0 aliphatic carbocycles. The number of anilines is 1. The smallest absolute Gasteiger partial charge is 0.118 e. The van der Waals surface area contributed by atoms with E-state index in [1.807, 2.05) is 13.0 Å². The van der Waals surface area contributed by atoms with Crippen LogP contribution in [0.15, 0.2) is 22.7 Å². The monoisotopic (exact) mass is 355 g/mol. The zero-order valence-corrected chi connectivity index (χ0v) is 14.1. The normalized spacial score (nSPS) is 33.4. The summed E-state index contributed by atoms with van der Waals surface area (Å²) in [4.78, 5) is 2.33. The molecular weight excluding hydrogens is 334 g/mol. The molecule has 116 valence electrons. The highest BCUT2D eigenvalue weighted by atomic mass is 79.9. The number of benzene rings is 1. The molecule has 1 aromatic carbocycles. The molecule has 0 radical (unpaired) electrons. The Morgan fingerprint density at radius 1 is 1.29 bits per heavy atom. The van der Waals surface area contributed by atoms with Crippen LogP contribution >= 0.6 is 15.9 Å². The van der Waals surface area contributed by atoms with E-state index in [1.165, 1.54) is 0 Å². The van der Waals surface area contributed by atoms with Crippen molar-refractivity contribution in [2.75, 3.05) is 31.3 Å². The van der Waals surface area contributed by atoms with E-state index in [-0.39, 0.29) is 6.10 Å². The van der Waals surface area contributed by atoms with Gasteiger partial charge in [-0.25, -0.2) is 0 Å². The number of rotatable bonds is 2. The van der Waals surface area contributed by atoms with Crippen molar-refractivity contribution in [2.24, 2.45) is 0 Å². The average molecular weight is 356 g/mol. The highest BCUT2D eigenvalue weighted by Crippen LogP contribution is 2.39. The van der Waals surface area contributed by atoms with Crippen LogP contribution in [0.5, 0.6) is 0 Å². The van der Waals surface area contributed by atoms with Crippen molar-refractivity contribution in [3.63, 3.8) is 0 Å². The lowest BCUT2D eigenvalue weighted by atomic mass is 9.87. The van der Waals surface area contributed by atoms with Gasteiger partial charge in [0.15, 0.2) is 0 Å². The van der Waals surface area contributed by atoms with Crippen LogP contribution < -0.4 is 4.90 Å². The Morgan fingerprint density at radius 2 is 2.10 bits per heavy atom. The molecule has 2 saturated heterocycles. The van der Waals surface area contributed by atoms with E-state index in [1.54, 1.807) is 0 Å². The molecule has 2 aliphatic heterocycles. The Hall–Kier alpha value is -0.620. The summed E-state index contributed by atoms with van der Waals surface area (Å²) in [5.74, 6) is 0. The van der Waals surface area contributed by atoms with Crippen LogP contribution in [0.1, 0.15) is 25.8 Å². The summed E-state index contributed by atoms with van der Waals surface area (Å²) in [7, 11) is 0. The second kappa shape index (κ2) is 5.88. The maximum absolute atomic E-state index is 11.0. The lowest BCUT2D eigenvalue weighted by molar-refractivity contribution is -0.0317. The Balaban J connectivity index is 1.96. The highest BCUT2D eigenvalue weighted by Gasteiger charge is 2.41. The molecule has 3 atom stereocenters. The van der Waals surface area contributed by atoms with Gasteiger partial charge in [-0.05, 0) is 37.6 Å². The first kappa shape index (κ1) is 15.3. The summed E-state index contributed by atoms with van der Waals surface area (Å²) in [6, 6.07) is 6.54. The summed E-state index contributed by atoms with van der Waals surface area (Å²) in [5, 5.41) is 11.0. The molecule has 0 aromatic heterocycles. The molecular formula is C16H22BrNO3. The summed E-state index contributed by atoms with van der Waals surface area (Å²) in [5.41, 5.74) is 1.16. The molecule has 0 bridgehead atoms. The van der Waals surface area contributed by atoms with E-state index < -0.39 is 5.60 Å². The molecule has 0 spiro atoms. The molecule has 0 saturated carbocycles. The van der Waals surface area contributed by atoms with Gasteiger partial charge >= 0.3 is 0 Å². The van der Waals surface area contributed by atoms with Crippen LogP contribution in [-0.4, -0.2) is 43.6 Å². The standard InChI is InChI=1S/C16H22BrNO3/c1-11-10-20-6-4-18(11)15-8-13(7-14(17)9-15)16(19)3-5-21-12(16)2/h7-9,11-12,19H,3-6,10H2,1-2H3. The number of hydrogen-bond donors (Lipinski definition) is 1. The van der Waals surface area contributed by atoms with Gasteiger partial charge in [0.2, 0.25) is 0 Å². The third-order valence-corrected chi connectivity index (χ3v) is 5.06. The first-order valence-corrected chi connectivity index (χ1v) is 8.29. The summed E-state index contributed by atoms with van der Waals surface area (Å²) in [6.45, 7) is 7.07. The fourth-order valence-electron chi connectivity index (χ4n) is 3.21. The van der Waals surface area contributed by atoms with E-state index in [4.69, 9.17) is 9.47 Å². The van der Waals surface area contributed by atoms with E-state index in [0.29, 0.717) is 19.1 Å². The van der Waals surface area contributed by atoms with Gasteiger partial charge < -0.3 is 19.5 Å². The van der Waals surface area contributed by atoms with Gasteiger partial charge in [0.05, 0.1) is 25.9 Å². The maximum atomic E-state index is 11.0. The van der Waals surface area contributed by atoms with Gasteiger partial charge in [0.1, 0.15) is 5.60 Å². The fraction of sp³-hybridized carbons (Fsp3) is 0.625. The van der Waals surface area contributed by atoms with Gasteiger partial charge in [-0.3, -0.25) is 0 Å². The second-order valence-electron chi connectivity index (χ2n) is 6.00. The van der Waals surface area contributed by atoms with Crippen LogP contribution in [0.4, 0.5) is 5.69 Å². The van der Waals surface area contributed by atoms with Crippen LogP contribution in [0.3, 0.4) is 0 Å². The summed E-state index contributed by atoms with van der Waals surface area (Å²) >= 11 is 3.58. The molecule has 0 amide bonds. The number of halogens is 1. The first-order valence-electron chi connectivity index (χ1n) is 7.50. The van der Waals surface area contributed by atoms with Crippen molar-refractivity contribution >= 4 is 21.6 Å². The lowest BCUT2D eigenvalue weighted by Gasteiger charge is -2.36. The first-order chi connectivity index (χ1) is 10.0. The van der Waals surface area contributed by atoms with Crippen LogP contribution in [0.25, 0.3) is 0 Å². The quantitative estimate of drug-likeness (QED) is 0.885. The largest absolute Gasteiger partial charge is 0.382 e. The minimum Gasteiger partial charge on any atom is -0.382 e. The third kappa shape index (κ3) is 2.84. The molecule has 3 rings (SSSR count). The molecule has 1 N–H and O–H groups in total. The zero-order valence-electron chi connectivity index (χ0n) is 12.5. The van der Waals surface area contributed by atoms with Crippen molar-refractivity contribution in [1.29, 1.82) is 0 Å². The number of aliphatic hydroxyl groups is 1. The molecule has 21 heavy (non-hydrogen) atoms. The molecule has 1 aromatic rings. The fourth-order valence-corrected chi connectivity index (χ4v) is 3.69. The SMILES string of the molecule is CC1COCCN1c1cc(Br)cc(C2(O)CCOC2C)c1. The minimum atomic E-state index is -0.895. The molecule has 2 fully saturated rings. The van der Waals surface area contributed by atoms with Gasteiger partial charge in [0, 0.05) is 29.2 Å². The molecule has 4 nitrogen and oxygen atoms in total. The number of ether oxygens (including phenoxy) is 2. The zero-order chi connectivity index (χ0) is 15.0.